The molecule has 0 saturated carbocycles. The molecule has 1 amide bonds. The third-order valence-electron chi connectivity index (χ3n) is 3.91. The summed E-state index contributed by atoms with van der Waals surface area (Å²) in [7, 11) is 0. The van der Waals surface area contributed by atoms with Gasteiger partial charge in [0.25, 0.3) is 0 Å². The molecular weight excluding hydrogens is 289 g/mol. The van der Waals surface area contributed by atoms with Crippen molar-refractivity contribution in [2.45, 2.75) is 26.2 Å². The summed E-state index contributed by atoms with van der Waals surface area (Å²) in [6.07, 6.45) is 2.81. The fourth-order valence-electron chi connectivity index (χ4n) is 2.67. The van der Waals surface area contributed by atoms with Gasteiger partial charge in [0.05, 0.1) is 6.54 Å². The largest absolute Gasteiger partial charge is 0.662 e. The van der Waals surface area contributed by atoms with E-state index in [9.17, 15) is 4.79 Å². The van der Waals surface area contributed by atoms with Gasteiger partial charge in [0.1, 0.15) is 0 Å². The van der Waals surface area contributed by atoms with Crippen molar-refractivity contribution in [2.24, 2.45) is 5.92 Å². The molecule has 4 nitrogen and oxygen atoms in total. The molecule has 0 N–H and O–H groups in total. The summed E-state index contributed by atoms with van der Waals surface area (Å²) in [5.41, 5.74) is 0. The van der Waals surface area contributed by atoms with Crippen LogP contribution in [0.5, 0.6) is 0 Å². The first-order valence-electron chi connectivity index (χ1n) is 7.41. The van der Waals surface area contributed by atoms with E-state index >= 15 is 0 Å². The van der Waals surface area contributed by atoms with Crippen LogP contribution in [0.15, 0.2) is 0 Å². The van der Waals surface area contributed by atoms with Crippen molar-refractivity contribution in [1.29, 1.82) is 0 Å². The predicted octanol–water partition coefficient (Wildman–Crippen LogP) is 1.33. The Bertz CT molecular complexity index is 350. The van der Waals surface area contributed by atoms with E-state index in [1.807, 2.05) is 4.90 Å². The maximum Gasteiger partial charge on any atom is 0.225 e. The molecule has 0 unspecified atom stereocenters. The molecule has 1 radical (unpaired) electrons. The van der Waals surface area contributed by atoms with Crippen molar-refractivity contribution in [2.75, 3.05) is 45.8 Å². The van der Waals surface area contributed by atoms with Crippen LogP contribution in [0.1, 0.15) is 26.2 Å². The maximum absolute atomic E-state index is 12.4. The predicted molar refractivity (Wildman–Crippen MR) is 76.9 cm³/mol. The van der Waals surface area contributed by atoms with Crippen LogP contribution in [0, 0.1) is 17.8 Å². The first-order valence-corrected chi connectivity index (χ1v) is 7.41. The number of carbonyl (C=O) groups is 1. The van der Waals surface area contributed by atoms with E-state index in [0.717, 1.165) is 65.1 Å². The Hall–Kier alpha value is -0.466. The molecule has 0 aromatic heterocycles. The van der Waals surface area contributed by atoms with E-state index in [2.05, 4.69) is 29.0 Å². The average Bonchev–Trinajstić information content (AvgIpc) is 2.48. The molecule has 0 aliphatic carbocycles. The Balaban J connectivity index is 0.00000200. The molecule has 2 aliphatic heterocycles. The normalized spacial score (nSPS) is 20.8. The number of piperazine rings is 1. The molecule has 0 spiro atoms. The molecule has 2 saturated heterocycles. The SMILES string of the molecule is CCC#CCN1CCN(C(=O)C2CC[N-]CC2)CC1.[V]. The molecule has 0 aromatic carbocycles. The summed E-state index contributed by atoms with van der Waals surface area (Å²) in [6.45, 7) is 8.28. The van der Waals surface area contributed by atoms with Crippen LogP contribution < -0.4 is 0 Å². The Labute approximate surface area is 134 Å². The van der Waals surface area contributed by atoms with Crippen LogP contribution >= 0.6 is 0 Å². The van der Waals surface area contributed by atoms with Crippen molar-refractivity contribution in [3.8, 4) is 11.8 Å². The first-order chi connectivity index (χ1) is 9.31. The van der Waals surface area contributed by atoms with Gasteiger partial charge in [0.2, 0.25) is 5.91 Å². The summed E-state index contributed by atoms with van der Waals surface area (Å²) >= 11 is 0. The van der Waals surface area contributed by atoms with E-state index in [4.69, 9.17) is 0 Å². The fourth-order valence-corrected chi connectivity index (χ4v) is 2.67. The van der Waals surface area contributed by atoms with Gasteiger partial charge >= 0.3 is 0 Å². The molecule has 2 fully saturated rings. The molecule has 111 valence electrons. The Morgan fingerprint density at radius 2 is 1.80 bits per heavy atom. The molecule has 2 heterocycles. The number of rotatable bonds is 2. The van der Waals surface area contributed by atoms with E-state index in [0.29, 0.717) is 5.91 Å². The van der Waals surface area contributed by atoms with Gasteiger partial charge in [0.15, 0.2) is 0 Å². The zero-order valence-electron chi connectivity index (χ0n) is 12.3. The van der Waals surface area contributed by atoms with Gasteiger partial charge in [-0.15, -0.1) is 19.0 Å². The molecule has 0 bridgehead atoms. The first kappa shape index (κ1) is 17.6. The minimum absolute atomic E-state index is 0. The number of amides is 1. The van der Waals surface area contributed by atoms with Gasteiger partial charge in [-0.05, 0) is 0 Å². The number of nitrogens with zero attached hydrogens (tertiary/aromatic N) is 3. The van der Waals surface area contributed by atoms with Crippen LogP contribution in [-0.4, -0.2) is 61.5 Å². The topological polar surface area (TPSA) is 37.7 Å². The third-order valence-corrected chi connectivity index (χ3v) is 3.91. The fraction of sp³-hybridized carbons (Fsp3) is 0.800. The number of hydrogen-bond acceptors (Lipinski definition) is 2. The maximum atomic E-state index is 12.4. The Morgan fingerprint density at radius 3 is 2.40 bits per heavy atom. The smallest absolute Gasteiger partial charge is 0.225 e. The number of piperidine rings is 1. The molecule has 0 aromatic rings. The molecule has 2 aliphatic rings. The van der Waals surface area contributed by atoms with Gasteiger partial charge in [0, 0.05) is 57.1 Å². The molecular formula is C15H24N3OV-. The summed E-state index contributed by atoms with van der Waals surface area (Å²) in [5.74, 6) is 6.85. The van der Waals surface area contributed by atoms with Crippen LogP contribution in [0.25, 0.3) is 5.32 Å². The Kier molecular flexibility index (Phi) is 8.32. The van der Waals surface area contributed by atoms with Gasteiger partial charge in [-0.2, -0.15) is 0 Å². The van der Waals surface area contributed by atoms with Crippen molar-refractivity contribution < 1.29 is 23.4 Å². The molecule has 20 heavy (non-hydrogen) atoms. The van der Waals surface area contributed by atoms with E-state index in [1.165, 1.54) is 0 Å². The molecule has 2 rings (SSSR count). The van der Waals surface area contributed by atoms with Crippen LogP contribution in [0.2, 0.25) is 0 Å². The van der Waals surface area contributed by atoms with Gasteiger partial charge in [-0.25, -0.2) is 0 Å². The monoisotopic (exact) mass is 313 g/mol. The second-order valence-corrected chi connectivity index (χ2v) is 5.25. The van der Waals surface area contributed by atoms with Crippen molar-refractivity contribution in [1.82, 2.24) is 9.80 Å². The summed E-state index contributed by atoms with van der Waals surface area (Å²) in [5, 5.41) is 4.31. The van der Waals surface area contributed by atoms with Crippen LogP contribution in [0.3, 0.4) is 0 Å². The average molecular weight is 313 g/mol. The van der Waals surface area contributed by atoms with E-state index < -0.39 is 0 Å². The van der Waals surface area contributed by atoms with Crippen molar-refractivity contribution >= 4 is 5.91 Å². The second-order valence-electron chi connectivity index (χ2n) is 5.25. The summed E-state index contributed by atoms with van der Waals surface area (Å²) < 4.78 is 0. The summed E-state index contributed by atoms with van der Waals surface area (Å²) in [6, 6.07) is 0. The van der Waals surface area contributed by atoms with Crippen LogP contribution in [0.4, 0.5) is 0 Å². The minimum atomic E-state index is 0. The van der Waals surface area contributed by atoms with Gasteiger partial charge < -0.3 is 10.2 Å². The van der Waals surface area contributed by atoms with Crippen molar-refractivity contribution in [3.63, 3.8) is 0 Å². The zero-order valence-corrected chi connectivity index (χ0v) is 13.7. The van der Waals surface area contributed by atoms with E-state index in [1.54, 1.807) is 0 Å². The minimum Gasteiger partial charge on any atom is -0.662 e. The zero-order chi connectivity index (χ0) is 13.5. The third kappa shape index (κ3) is 5.14. The van der Waals surface area contributed by atoms with Crippen molar-refractivity contribution in [3.05, 3.63) is 5.32 Å². The summed E-state index contributed by atoms with van der Waals surface area (Å²) in [4.78, 5) is 16.7. The quantitative estimate of drug-likeness (QED) is 0.721. The van der Waals surface area contributed by atoms with E-state index in [-0.39, 0.29) is 24.5 Å². The molecule has 5 heteroatoms. The number of carbonyl (C=O) groups excluding carboxylic acids is 1. The van der Waals surface area contributed by atoms with Crippen LogP contribution in [-0.2, 0) is 23.4 Å². The second kappa shape index (κ2) is 9.47. The van der Waals surface area contributed by atoms with Gasteiger partial charge in [-0.1, -0.05) is 25.7 Å². The Morgan fingerprint density at radius 1 is 1.15 bits per heavy atom. The molecule has 0 atom stereocenters. The number of hydrogen-bond donors (Lipinski definition) is 0. The standard InChI is InChI=1S/C15H24N3O.V/c1-2-3-4-9-17-10-12-18(13-11-17)15(19)14-5-7-16-8-6-14;/h14H,2,5-13H2,1H3;/q-1;. The van der Waals surface area contributed by atoms with Gasteiger partial charge in [-0.3, -0.25) is 9.69 Å².